The second-order valence-corrected chi connectivity index (χ2v) is 4.56. The maximum absolute atomic E-state index is 5.62. The number of ether oxygens (including phenoxy) is 1. The Labute approximate surface area is 103 Å². The van der Waals surface area contributed by atoms with Gasteiger partial charge in [-0.25, -0.2) is 0 Å². The summed E-state index contributed by atoms with van der Waals surface area (Å²) in [6.07, 6.45) is 0. The van der Waals surface area contributed by atoms with E-state index in [1.165, 1.54) is 0 Å². The third kappa shape index (κ3) is 2.64. The minimum Gasteiger partial charge on any atom is -0.487 e. The largest absolute Gasteiger partial charge is 0.487 e. The molecule has 1 aromatic heterocycles. The summed E-state index contributed by atoms with van der Waals surface area (Å²) in [6.45, 7) is 2.53. The van der Waals surface area contributed by atoms with E-state index in [1.807, 2.05) is 49.0 Å². The highest BCUT2D eigenvalue weighted by Crippen LogP contribution is 2.17. The molecule has 0 aliphatic carbocycles. The van der Waals surface area contributed by atoms with Crippen LogP contribution in [-0.4, -0.2) is 9.78 Å². The predicted octanol–water partition coefficient (Wildman–Crippen LogP) is 3.07. The molecule has 0 saturated carbocycles. The van der Waals surface area contributed by atoms with Gasteiger partial charge in [0, 0.05) is 17.2 Å². The molecule has 3 nitrogen and oxygen atoms in total. The molecule has 0 bridgehead atoms. The molecule has 0 atom stereocenters. The van der Waals surface area contributed by atoms with Crippen LogP contribution in [0.15, 0.2) is 34.8 Å². The summed E-state index contributed by atoms with van der Waals surface area (Å²) < 4.78 is 8.52. The Morgan fingerprint density at radius 3 is 2.56 bits per heavy atom. The lowest BCUT2D eigenvalue weighted by Crippen LogP contribution is -1.98. The molecule has 1 heterocycles. The zero-order valence-corrected chi connectivity index (χ0v) is 10.9. The summed E-state index contributed by atoms with van der Waals surface area (Å²) in [5.74, 6) is 0.853. The molecule has 0 saturated heterocycles. The average molecular weight is 281 g/mol. The summed E-state index contributed by atoms with van der Waals surface area (Å²) >= 11 is 3.38. The van der Waals surface area contributed by atoms with Crippen molar-refractivity contribution in [2.24, 2.45) is 7.05 Å². The molecule has 2 rings (SSSR count). The van der Waals surface area contributed by atoms with Gasteiger partial charge >= 0.3 is 0 Å². The van der Waals surface area contributed by atoms with Crippen LogP contribution in [0.4, 0.5) is 0 Å². The maximum atomic E-state index is 5.62. The van der Waals surface area contributed by atoms with Gasteiger partial charge in [-0.15, -0.1) is 0 Å². The molecule has 16 heavy (non-hydrogen) atoms. The first-order chi connectivity index (χ1) is 7.65. The number of rotatable bonds is 3. The molecule has 0 N–H and O–H groups in total. The first kappa shape index (κ1) is 11.2. The Morgan fingerprint density at radius 2 is 2.00 bits per heavy atom. The molecule has 0 aliphatic rings. The Hall–Kier alpha value is -1.29. The molecule has 84 valence electrons. The lowest BCUT2D eigenvalue weighted by Gasteiger charge is -2.03. The molecule has 4 heteroatoms. The van der Waals surface area contributed by atoms with E-state index in [0.717, 1.165) is 21.6 Å². The van der Waals surface area contributed by atoms with Crippen LogP contribution in [0.1, 0.15) is 11.4 Å². The van der Waals surface area contributed by atoms with E-state index in [2.05, 4.69) is 21.0 Å². The molecule has 0 unspecified atom stereocenters. The number of hydrogen-bond acceptors (Lipinski definition) is 2. The molecular weight excluding hydrogens is 268 g/mol. The lowest BCUT2D eigenvalue weighted by atomic mass is 10.3. The number of nitrogens with zero attached hydrogens (tertiary/aromatic N) is 2. The molecule has 2 aromatic rings. The number of hydrogen-bond donors (Lipinski definition) is 0. The molecule has 0 radical (unpaired) electrons. The van der Waals surface area contributed by atoms with Crippen molar-refractivity contribution in [1.82, 2.24) is 9.78 Å². The Morgan fingerprint density at radius 1 is 1.31 bits per heavy atom. The van der Waals surface area contributed by atoms with Gasteiger partial charge in [0.25, 0.3) is 0 Å². The lowest BCUT2D eigenvalue weighted by molar-refractivity contribution is 0.300. The number of benzene rings is 1. The number of aryl methyl sites for hydroxylation is 2. The zero-order valence-electron chi connectivity index (χ0n) is 9.27. The topological polar surface area (TPSA) is 27.1 Å². The minimum atomic E-state index is 0.503. The highest BCUT2D eigenvalue weighted by atomic mass is 79.9. The SMILES string of the molecule is Cc1cc(COc2ccc(Br)cc2)nn1C. The second kappa shape index (κ2) is 4.70. The molecule has 0 fully saturated rings. The monoisotopic (exact) mass is 280 g/mol. The van der Waals surface area contributed by atoms with E-state index in [9.17, 15) is 0 Å². The van der Waals surface area contributed by atoms with Gasteiger partial charge in [0.15, 0.2) is 0 Å². The first-order valence-corrected chi connectivity index (χ1v) is 5.82. The summed E-state index contributed by atoms with van der Waals surface area (Å²) in [4.78, 5) is 0. The van der Waals surface area contributed by atoms with Gasteiger partial charge in [-0.2, -0.15) is 5.10 Å². The quantitative estimate of drug-likeness (QED) is 0.864. The number of halogens is 1. The Kier molecular flexibility index (Phi) is 3.29. The van der Waals surface area contributed by atoms with E-state index in [0.29, 0.717) is 6.61 Å². The van der Waals surface area contributed by atoms with Crippen molar-refractivity contribution < 1.29 is 4.74 Å². The van der Waals surface area contributed by atoms with E-state index >= 15 is 0 Å². The summed E-state index contributed by atoms with van der Waals surface area (Å²) in [5.41, 5.74) is 2.08. The van der Waals surface area contributed by atoms with E-state index < -0.39 is 0 Å². The second-order valence-electron chi connectivity index (χ2n) is 3.64. The van der Waals surface area contributed by atoms with Crippen LogP contribution >= 0.6 is 15.9 Å². The van der Waals surface area contributed by atoms with Gasteiger partial charge in [0.05, 0.1) is 0 Å². The van der Waals surface area contributed by atoms with Crippen molar-refractivity contribution in [2.75, 3.05) is 0 Å². The van der Waals surface area contributed by atoms with Crippen molar-refractivity contribution in [1.29, 1.82) is 0 Å². The van der Waals surface area contributed by atoms with Crippen molar-refractivity contribution in [3.63, 3.8) is 0 Å². The Balaban J connectivity index is 1.99. The van der Waals surface area contributed by atoms with Crippen LogP contribution in [0, 0.1) is 6.92 Å². The van der Waals surface area contributed by atoms with Gasteiger partial charge in [-0.3, -0.25) is 4.68 Å². The van der Waals surface area contributed by atoms with Gasteiger partial charge in [0.1, 0.15) is 18.1 Å². The van der Waals surface area contributed by atoms with Crippen LogP contribution < -0.4 is 4.74 Å². The van der Waals surface area contributed by atoms with Crippen molar-refractivity contribution in [3.8, 4) is 5.75 Å². The van der Waals surface area contributed by atoms with Crippen LogP contribution in [0.5, 0.6) is 5.75 Å². The highest BCUT2D eigenvalue weighted by Gasteiger charge is 2.01. The van der Waals surface area contributed by atoms with Crippen LogP contribution in [0.3, 0.4) is 0 Å². The summed E-state index contributed by atoms with van der Waals surface area (Å²) in [5, 5.41) is 4.33. The fourth-order valence-electron chi connectivity index (χ4n) is 1.39. The average Bonchev–Trinajstić information content (AvgIpc) is 2.58. The zero-order chi connectivity index (χ0) is 11.5. The molecule has 1 aromatic carbocycles. The maximum Gasteiger partial charge on any atom is 0.132 e. The smallest absolute Gasteiger partial charge is 0.132 e. The van der Waals surface area contributed by atoms with Gasteiger partial charge in [-0.05, 0) is 37.3 Å². The van der Waals surface area contributed by atoms with Crippen molar-refractivity contribution in [3.05, 3.63) is 46.2 Å². The predicted molar refractivity (Wildman–Crippen MR) is 66.4 cm³/mol. The van der Waals surface area contributed by atoms with Gasteiger partial charge in [0.2, 0.25) is 0 Å². The fraction of sp³-hybridized carbons (Fsp3) is 0.250. The van der Waals surface area contributed by atoms with Crippen LogP contribution in [-0.2, 0) is 13.7 Å². The van der Waals surface area contributed by atoms with Gasteiger partial charge < -0.3 is 4.74 Å². The van der Waals surface area contributed by atoms with E-state index in [-0.39, 0.29) is 0 Å². The first-order valence-electron chi connectivity index (χ1n) is 5.03. The molecule has 0 aliphatic heterocycles. The molecular formula is C12H13BrN2O. The minimum absolute atomic E-state index is 0.503. The number of aromatic nitrogens is 2. The van der Waals surface area contributed by atoms with Crippen molar-refractivity contribution >= 4 is 15.9 Å². The van der Waals surface area contributed by atoms with Gasteiger partial charge in [-0.1, -0.05) is 15.9 Å². The third-order valence-corrected chi connectivity index (χ3v) is 2.89. The van der Waals surface area contributed by atoms with E-state index in [1.54, 1.807) is 0 Å². The molecule has 0 amide bonds. The molecule has 0 spiro atoms. The standard InChI is InChI=1S/C12H13BrN2O/c1-9-7-11(14-15(9)2)8-16-12-5-3-10(13)4-6-12/h3-7H,8H2,1-2H3. The normalized spacial score (nSPS) is 10.4. The van der Waals surface area contributed by atoms with Crippen molar-refractivity contribution in [2.45, 2.75) is 13.5 Å². The van der Waals surface area contributed by atoms with Crippen LogP contribution in [0.25, 0.3) is 0 Å². The summed E-state index contributed by atoms with van der Waals surface area (Å²) in [7, 11) is 1.93. The van der Waals surface area contributed by atoms with E-state index in [4.69, 9.17) is 4.74 Å². The summed E-state index contributed by atoms with van der Waals surface area (Å²) in [6, 6.07) is 9.80. The highest BCUT2D eigenvalue weighted by molar-refractivity contribution is 9.10. The Bertz CT molecular complexity index is 457. The fourth-order valence-corrected chi connectivity index (χ4v) is 1.66. The third-order valence-electron chi connectivity index (χ3n) is 2.36. The van der Waals surface area contributed by atoms with Crippen LogP contribution in [0.2, 0.25) is 0 Å².